The highest BCUT2D eigenvalue weighted by atomic mass is 16.6. The minimum absolute atomic E-state index is 0.0351. The van der Waals surface area contributed by atoms with E-state index in [4.69, 9.17) is 10.5 Å². The van der Waals surface area contributed by atoms with Gasteiger partial charge in [-0.1, -0.05) is 12.8 Å². The minimum Gasteiger partial charge on any atom is -0.481 e. The van der Waals surface area contributed by atoms with E-state index in [0.29, 0.717) is 18.3 Å². The molecule has 1 aromatic rings. The molecule has 0 aliphatic heterocycles. The fourth-order valence-electron chi connectivity index (χ4n) is 2.66. The summed E-state index contributed by atoms with van der Waals surface area (Å²) in [7, 11) is 1.49. The van der Waals surface area contributed by atoms with E-state index < -0.39 is 4.92 Å². The lowest BCUT2D eigenvalue weighted by molar-refractivity contribution is -0.384. The largest absolute Gasteiger partial charge is 0.481 e. The SMILES string of the molecule is COc1ccc([N+](=O)[O-])c(NC2CCCCC2CN)n1. The smallest absolute Gasteiger partial charge is 0.311 e. The summed E-state index contributed by atoms with van der Waals surface area (Å²) < 4.78 is 5.03. The zero-order valence-electron chi connectivity index (χ0n) is 11.5. The number of nitrogens with one attached hydrogen (secondary N) is 1. The van der Waals surface area contributed by atoms with Gasteiger partial charge < -0.3 is 15.8 Å². The molecule has 0 aromatic carbocycles. The van der Waals surface area contributed by atoms with Crippen LogP contribution < -0.4 is 15.8 Å². The van der Waals surface area contributed by atoms with Crippen LogP contribution >= 0.6 is 0 Å². The number of pyridine rings is 1. The Morgan fingerprint density at radius 2 is 2.25 bits per heavy atom. The first-order valence-corrected chi connectivity index (χ1v) is 6.81. The topological polar surface area (TPSA) is 103 Å². The molecule has 0 radical (unpaired) electrons. The van der Waals surface area contributed by atoms with Crippen LogP contribution in [0.2, 0.25) is 0 Å². The van der Waals surface area contributed by atoms with Gasteiger partial charge in [0, 0.05) is 18.2 Å². The molecule has 1 aromatic heterocycles. The number of aromatic nitrogens is 1. The standard InChI is InChI=1S/C13H20N4O3/c1-20-12-7-6-11(17(18)19)13(16-12)15-10-5-3-2-4-9(10)8-14/h6-7,9-10H,2-5,8,14H2,1H3,(H,15,16). The number of nitrogens with two attached hydrogens (primary N) is 1. The van der Waals surface area contributed by atoms with E-state index in [0.717, 1.165) is 25.7 Å². The molecule has 7 heteroatoms. The Balaban J connectivity index is 2.23. The Morgan fingerprint density at radius 3 is 2.90 bits per heavy atom. The summed E-state index contributed by atoms with van der Waals surface area (Å²) in [5, 5.41) is 14.3. The molecular formula is C13H20N4O3. The minimum atomic E-state index is -0.435. The number of methoxy groups -OCH3 is 1. The van der Waals surface area contributed by atoms with E-state index in [1.807, 2.05) is 0 Å². The van der Waals surface area contributed by atoms with Crippen molar-refractivity contribution in [3.8, 4) is 5.88 Å². The molecule has 0 spiro atoms. The van der Waals surface area contributed by atoms with Crippen molar-refractivity contribution in [3.63, 3.8) is 0 Å². The van der Waals surface area contributed by atoms with Gasteiger partial charge in [-0.25, -0.2) is 0 Å². The lowest BCUT2D eigenvalue weighted by Gasteiger charge is -2.31. The van der Waals surface area contributed by atoms with E-state index in [1.165, 1.54) is 19.2 Å². The van der Waals surface area contributed by atoms with Crippen LogP contribution in [0.15, 0.2) is 12.1 Å². The molecule has 3 N–H and O–H groups in total. The number of nitrogens with zero attached hydrogens (tertiary/aromatic N) is 2. The zero-order chi connectivity index (χ0) is 14.5. The normalized spacial score (nSPS) is 22.3. The van der Waals surface area contributed by atoms with Crippen molar-refractivity contribution in [1.82, 2.24) is 4.98 Å². The van der Waals surface area contributed by atoms with Gasteiger partial charge in [-0.3, -0.25) is 10.1 Å². The third kappa shape index (κ3) is 3.16. The highest BCUT2D eigenvalue weighted by molar-refractivity contribution is 5.57. The number of nitro groups is 1. The molecule has 7 nitrogen and oxygen atoms in total. The van der Waals surface area contributed by atoms with E-state index >= 15 is 0 Å². The second-order valence-corrected chi connectivity index (χ2v) is 5.01. The predicted octanol–water partition coefficient (Wildman–Crippen LogP) is 1.93. The molecule has 2 rings (SSSR count). The summed E-state index contributed by atoms with van der Waals surface area (Å²) in [4.78, 5) is 14.8. The third-order valence-electron chi connectivity index (χ3n) is 3.79. The van der Waals surface area contributed by atoms with Crippen LogP contribution in [0, 0.1) is 16.0 Å². The highest BCUT2D eigenvalue weighted by Crippen LogP contribution is 2.30. The summed E-state index contributed by atoms with van der Waals surface area (Å²) >= 11 is 0. The Hall–Kier alpha value is -1.89. The second kappa shape index (κ2) is 6.51. The number of hydrogen-bond acceptors (Lipinski definition) is 6. The maximum atomic E-state index is 11.1. The fourth-order valence-corrected chi connectivity index (χ4v) is 2.66. The highest BCUT2D eigenvalue weighted by Gasteiger charge is 2.27. The number of ether oxygens (including phenoxy) is 1. The molecular weight excluding hydrogens is 260 g/mol. The average Bonchev–Trinajstić information content (AvgIpc) is 2.47. The first kappa shape index (κ1) is 14.5. The molecule has 0 amide bonds. The second-order valence-electron chi connectivity index (χ2n) is 5.01. The lowest BCUT2D eigenvalue weighted by Crippen LogP contribution is -2.37. The molecule has 0 saturated heterocycles. The number of anilines is 1. The molecule has 2 atom stereocenters. The fraction of sp³-hybridized carbons (Fsp3) is 0.615. The molecule has 20 heavy (non-hydrogen) atoms. The van der Waals surface area contributed by atoms with E-state index in [2.05, 4.69) is 10.3 Å². The van der Waals surface area contributed by atoms with Crippen molar-refractivity contribution in [2.45, 2.75) is 31.7 Å². The molecule has 1 fully saturated rings. The molecule has 1 saturated carbocycles. The van der Waals surface area contributed by atoms with Crippen LogP contribution in [0.5, 0.6) is 5.88 Å². The molecule has 0 bridgehead atoms. The van der Waals surface area contributed by atoms with Crippen LogP contribution in [0.4, 0.5) is 11.5 Å². The van der Waals surface area contributed by atoms with Crippen molar-refractivity contribution in [3.05, 3.63) is 22.2 Å². The first-order valence-electron chi connectivity index (χ1n) is 6.81. The van der Waals surface area contributed by atoms with Gasteiger partial charge in [0.05, 0.1) is 12.0 Å². The maximum absolute atomic E-state index is 11.1. The van der Waals surface area contributed by atoms with Gasteiger partial charge in [0.1, 0.15) is 0 Å². The van der Waals surface area contributed by atoms with Crippen molar-refractivity contribution >= 4 is 11.5 Å². The van der Waals surface area contributed by atoms with Crippen molar-refractivity contribution < 1.29 is 9.66 Å². The lowest BCUT2D eigenvalue weighted by atomic mass is 9.84. The van der Waals surface area contributed by atoms with Crippen LogP contribution in [-0.4, -0.2) is 29.6 Å². The molecule has 1 heterocycles. The summed E-state index contributed by atoms with van der Waals surface area (Å²) in [5.74, 6) is 0.953. The van der Waals surface area contributed by atoms with Gasteiger partial charge >= 0.3 is 5.69 Å². The summed E-state index contributed by atoms with van der Waals surface area (Å²) in [5.41, 5.74) is 5.75. The van der Waals surface area contributed by atoms with Crippen LogP contribution in [0.3, 0.4) is 0 Å². The first-order chi connectivity index (χ1) is 9.65. The Bertz CT molecular complexity index is 481. The summed E-state index contributed by atoms with van der Waals surface area (Å²) in [6, 6.07) is 3.03. The van der Waals surface area contributed by atoms with Gasteiger partial charge in [-0.15, -0.1) is 0 Å². The quantitative estimate of drug-likeness (QED) is 0.631. The number of hydrogen-bond donors (Lipinski definition) is 2. The van der Waals surface area contributed by atoms with Gasteiger partial charge in [0.2, 0.25) is 11.7 Å². The van der Waals surface area contributed by atoms with Gasteiger partial charge in [-0.2, -0.15) is 4.98 Å². The number of rotatable bonds is 5. The average molecular weight is 280 g/mol. The van der Waals surface area contributed by atoms with Gasteiger partial charge in [-0.05, 0) is 25.3 Å². The van der Waals surface area contributed by atoms with Gasteiger partial charge in [0.25, 0.3) is 0 Å². The molecule has 110 valence electrons. The monoisotopic (exact) mass is 280 g/mol. The Morgan fingerprint density at radius 1 is 1.50 bits per heavy atom. The summed E-state index contributed by atoms with van der Waals surface area (Å²) in [6.45, 7) is 0.579. The van der Waals surface area contributed by atoms with E-state index in [9.17, 15) is 10.1 Å². The predicted molar refractivity (Wildman–Crippen MR) is 75.9 cm³/mol. The van der Waals surface area contributed by atoms with E-state index in [1.54, 1.807) is 0 Å². The molecule has 1 aliphatic rings. The van der Waals surface area contributed by atoms with Crippen LogP contribution in [-0.2, 0) is 0 Å². The van der Waals surface area contributed by atoms with E-state index in [-0.39, 0.29) is 17.5 Å². The van der Waals surface area contributed by atoms with Crippen molar-refractivity contribution in [2.24, 2.45) is 11.7 Å². The van der Waals surface area contributed by atoms with Crippen LogP contribution in [0.25, 0.3) is 0 Å². The third-order valence-corrected chi connectivity index (χ3v) is 3.79. The van der Waals surface area contributed by atoms with Crippen LogP contribution in [0.1, 0.15) is 25.7 Å². The Kier molecular flexibility index (Phi) is 4.73. The van der Waals surface area contributed by atoms with Crippen molar-refractivity contribution in [2.75, 3.05) is 19.0 Å². The van der Waals surface area contributed by atoms with Gasteiger partial charge in [0.15, 0.2) is 0 Å². The Labute approximate surface area is 117 Å². The molecule has 2 unspecified atom stereocenters. The maximum Gasteiger partial charge on any atom is 0.311 e. The zero-order valence-corrected chi connectivity index (χ0v) is 11.5. The summed E-state index contributed by atoms with van der Waals surface area (Å²) in [6.07, 6.45) is 4.27. The van der Waals surface area contributed by atoms with Crippen molar-refractivity contribution in [1.29, 1.82) is 0 Å². The molecule has 1 aliphatic carbocycles.